The Morgan fingerprint density at radius 2 is 2.05 bits per heavy atom. The van der Waals surface area contributed by atoms with Crippen molar-refractivity contribution in [3.8, 4) is 0 Å². The zero-order valence-corrected chi connectivity index (χ0v) is 11.4. The van der Waals surface area contributed by atoms with Crippen LogP contribution in [0.4, 0.5) is 11.5 Å². The Morgan fingerprint density at radius 3 is 2.63 bits per heavy atom. The highest BCUT2D eigenvalue weighted by Crippen LogP contribution is 2.27. The number of aromatic nitrogens is 1. The van der Waals surface area contributed by atoms with Gasteiger partial charge in [0.1, 0.15) is 9.84 Å². The molecule has 104 valence electrons. The van der Waals surface area contributed by atoms with Crippen LogP contribution in [0.2, 0.25) is 5.02 Å². The molecule has 19 heavy (non-hydrogen) atoms. The number of hydrogen-bond acceptors (Lipinski definition) is 6. The summed E-state index contributed by atoms with van der Waals surface area (Å²) in [5, 5.41) is 14.0. The number of nitro groups is 1. The number of nitrogens with zero attached hydrogens (tertiary/aromatic N) is 2. The molecule has 0 radical (unpaired) electrons. The molecule has 1 aliphatic heterocycles. The third-order valence-electron chi connectivity index (χ3n) is 2.93. The number of pyridine rings is 1. The second kappa shape index (κ2) is 5.30. The molecule has 1 fully saturated rings. The predicted octanol–water partition coefficient (Wildman–Crippen LogP) is 1.63. The highest BCUT2D eigenvalue weighted by Gasteiger charge is 2.26. The summed E-state index contributed by atoms with van der Waals surface area (Å²) in [7, 11) is -2.96. The molecule has 1 aromatic rings. The van der Waals surface area contributed by atoms with Gasteiger partial charge in [-0.3, -0.25) is 10.1 Å². The lowest BCUT2D eigenvalue weighted by molar-refractivity contribution is -0.384. The molecule has 9 heteroatoms. The summed E-state index contributed by atoms with van der Waals surface area (Å²) < 4.78 is 22.6. The molecule has 2 rings (SSSR count). The van der Waals surface area contributed by atoms with Gasteiger partial charge < -0.3 is 5.32 Å². The molecule has 1 N–H and O–H groups in total. The van der Waals surface area contributed by atoms with E-state index in [-0.39, 0.29) is 34.1 Å². The first-order valence-electron chi connectivity index (χ1n) is 5.64. The van der Waals surface area contributed by atoms with Gasteiger partial charge in [0.2, 0.25) is 5.82 Å². The van der Waals surface area contributed by atoms with Gasteiger partial charge in [-0.2, -0.15) is 0 Å². The summed E-state index contributed by atoms with van der Waals surface area (Å²) >= 11 is 5.67. The van der Waals surface area contributed by atoms with Crippen molar-refractivity contribution < 1.29 is 13.3 Å². The van der Waals surface area contributed by atoms with Crippen molar-refractivity contribution in [2.75, 3.05) is 16.8 Å². The maximum Gasteiger partial charge on any atom is 0.312 e. The minimum atomic E-state index is -2.96. The van der Waals surface area contributed by atoms with E-state index in [1.807, 2.05) is 0 Å². The van der Waals surface area contributed by atoms with Gasteiger partial charge in [-0.1, -0.05) is 11.6 Å². The molecule has 0 amide bonds. The van der Waals surface area contributed by atoms with E-state index in [4.69, 9.17) is 11.6 Å². The monoisotopic (exact) mass is 305 g/mol. The first kappa shape index (κ1) is 14.0. The highest BCUT2D eigenvalue weighted by atomic mass is 35.5. The number of halogens is 1. The molecular formula is C10H12ClN3O4S. The van der Waals surface area contributed by atoms with Crippen LogP contribution in [-0.4, -0.2) is 35.9 Å². The van der Waals surface area contributed by atoms with Crippen LogP contribution in [0.25, 0.3) is 0 Å². The Bertz CT molecular complexity index is 591. The lowest BCUT2D eigenvalue weighted by Crippen LogP contribution is -2.32. The van der Waals surface area contributed by atoms with Crippen LogP contribution in [0.5, 0.6) is 0 Å². The van der Waals surface area contributed by atoms with Crippen LogP contribution in [0.1, 0.15) is 12.8 Å². The normalized spacial score (nSPS) is 19.0. The zero-order valence-electron chi connectivity index (χ0n) is 9.87. The zero-order chi connectivity index (χ0) is 14.0. The van der Waals surface area contributed by atoms with Crippen LogP contribution in [0.15, 0.2) is 12.3 Å². The van der Waals surface area contributed by atoms with Crippen LogP contribution in [0.3, 0.4) is 0 Å². The fourth-order valence-corrected chi connectivity index (χ4v) is 3.55. The molecule has 7 nitrogen and oxygen atoms in total. The largest absolute Gasteiger partial charge is 0.362 e. The SMILES string of the molecule is O=[N+]([O-])c1cc(Cl)cnc1NC1CCS(=O)(=O)CC1. The minimum Gasteiger partial charge on any atom is -0.362 e. The molecule has 0 bridgehead atoms. The maximum atomic E-state index is 11.3. The average molecular weight is 306 g/mol. The van der Waals surface area contributed by atoms with Gasteiger partial charge in [-0.25, -0.2) is 13.4 Å². The molecular weight excluding hydrogens is 294 g/mol. The summed E-state index contributed by atoms with van der Waals surface area (Å²) in [6.45, 7) is 0. The van der Waals surface area contributed by atoms with Gasteiger partial charge >= 0.3 is 5.69 Å². The minimum absolute atomic E-state index is 0.0893. The third-order valence-corrected chi connectivity index (χ3v) is 4.85. The van der Waals surface area contributed by atoms with Crippen molar-refractivity contribution in [1.82, 2.24) is 4.98 Å². The molecule has 2 heterocycles. The van der Waals surface area contributed by atoms with Crippen molar-refractivity contribution in [1.29, 1.82) is 0 Å². The maximum absolute atomic E-state index is 11.3. The Labute approximate surface area is 115 Å². The molecule has 1 aliphatic rings. The second-order valence-electron chi connectivity index (χ2n) is 4.35. The fourth-order valence-electron chi connectivity index (χ4n) is 1.91. The smallest absolute Gasteiger partial charge is 0.312 e. The predicted molar refractivity (Wildman–Crippen MR) is 71.2 cm³/mol. The standard InChI is InChI=1S/C10H12ClN3O4S/c11-7-5-9(14(15)16)10(12-6-7)13-8-1-3-19(17,18)4-2-8/h5-6,8H,1-4H2,(H,12,13). The van der Waals surface area contributed by atoms with E-state index < -0.39 is 14.8 Å². The summed E-state index contributed by atoms with van der Waals surface area (Å²) in [4.78, 5) is 14.2. The lowest BCUT2D eigenvalue weighted by atomic mass is 10.1. The van der Waals surface area contributed by atoms with Crippen molar-refractivity contribution >= 4 is 32.9 Å². The molecule has 0 unspecified atom stereocenters. The topological polar surface area (TPSA) is 102 Å². The van der Waals surface area contributed by atoms with Crippen molar-refractivity contribution in [2.24, 2.45) is 0 Å². The molecule has 0 spiro atoms. The van der Waals surface area contributed by atoms with E-state index >= 15 is 0 Å². The Morgan fingerprint density at radius 1 is 1.42 bits per heavy atom. The van der Waals surface area contributed by atoms with Crippen LogP contribution < -0.4 is 5.32 Å². The third kappa shape index (κ3) is 3.54. The second-order valence-corrected chi connectivity index (χ2v) is 7.09. The molecule has 0 saturated carbocycles. The quantitative estimate of drug-likeness (QED) is 0.672. The lowest BCUT2D eigenvalue weighted by Gasteiger charge is -2.23. The van der Waals surface area contributed by atoms with Crippen molar-refractivity contribution in [3.63, 3.8) is 0 Å². The number of rotatable bonds is 3. The van der Waals surface area contributed by atoms with Gasteiger partial charge in [0.25, 0.3) is 0 Å². The number of anilines is 1. The fraction of sp³-hybridized carbons (Fsp3) is 0.500. The summed E-state index contributed by atoms with van der Waals surface area (Å²) in [6.07, 6.45) is 2.16. The van der Waals surface area contributed by atoms with Gasteiger partial charge in [0.05, 0.1) is 21.5 Å². The first-order chi connectivity index (χ1) is 8.87. The summed E-state index contributed by atoms with van der Waals surface area (Å²) in [5.41, 5.74) is -0.207. The van der Waals surface area contributed by atoms with Gasteiger partial charge in [0.15, 0.2) is 0 Å². The summed E-state index contributed by atoms with van der Waals surface area (Å²) in [6, 6.07) is 1.09. The van der Waals surface area contributed by atoms with Gasteiger partial charge in [0, 0.05) is 18.3 Å². The molecule has 0 aromatic carbocycles. The summed E-state index contributed by atoms with van der Waals surface area (Å²) in [5.74, 6) is 0.302. The van der Waals surface area contributed by atoms with E-state index in [9.17, 15) is 18.5 Å². The van der Waals surface area contributed by atoms with E-state index in [1.165, 1.54) is 12.3 Å². The average Bonchev–Trinajstić information content (AvgIpc) is 2.33. The Kier molecular flexibility index (Phi) is 3.91. The van der Waals surface area contributed by atoms with Crippen LogP contribution in [0, 0.1) is 10.1 Å². The molecule has 0 atom stereocenters. The number of hydrogen-bond donors (Lipinski definition) is 1. The van der Waals surface area contributed by atoms with Crippen LogP contribution >= 0.6 is 11.6 Å². The first-order valence-corrected chi connectivity index (χ1v) is 7.84. The van der Waals surface area contributed by atoms with Crippen molar-refractivity contribution in [3.05, 3.63) is 27.4 Å². The number of nitrogens with one attached hydrogen (secondary N) is 1. The van der Waals surface area contributed by atoms with Crippen LogP contribution in [-0.2, 0) is 9.84 Å². The van der Waals surface area contributed by atoms with Gasteiger partial charge in [-0.15, -0.1) is 0 Å². The van der Waals surface area contributed by atoms with E-state index in [0.717, 1.165) is 0 Å². The number of sulfone groups is 1. The van der Waals surface area contributed by atoms with E-state index in [2.05, 4.69) is 10.3 Å². The van der Waals surface area contributed by atoms with E-state index in [1.54, 1.807) is 0 Å². The Hall–Kier alpha value is -1.41. The Balaban J connectivity index is 2.14. The highest BCUT2D eigenvalue weighted by molar-refractivity contribution is 7.91. The van der Waals surface area contributed by atoms with E-state index in [0.29, 0.717) is 12.8 Å². The molecule has 1 saturated heterocycles. The van der Waals surface area contributed by atoms with Crippen molar-refractivity contribution in [2.45, 2.75) is 18.9 Å². The molecule has 1 aromatic heterocycles. The molecule has 0 aliphatic carbocycles. The van der Waals surface area contributed by atoms with Gasteiger partial charge in [-0.05, 0) is 12.8 Å².